The number of aliphatic hydroxyl groups is 1. The molecule has 0 bridgehead atoms. The van der Waals surface area contributed by atoms with Gasteiger partial charge in [-0.1, -0.05) is 31.5 Å². The van der Waals surface area contributed by atoms with Crippen molar-refractivity contribution in [1.29, 1.82) is 0 Å². The summed E-state index contributed by atoms with van der Waals surface area (Å²) in [7, 11) is 0. The molecule has 2 atom stereocenters. The quantitative estimate of drug-likeness (QED) is 0.742. The second kappa shape index (κ2) is 6.67. The van der Waals surface area contributed by atoms with Crippen LogP contribution in [0.5, 0.6) is 5.75 Å². The number of para-hydroxylation sites is 1. The minimum absolute atomic E-state index is 0. The molecule has 0 amide bonds. The molecule has 0 aromatic heterocycles. The third kappa shape index (κ3) is 3.70. The Morgan fingerprint density at radius 1 is 1.33 bits per heavy atom. The number of rotatable bonds is 4. The van der Waals surface area contributed by atoms with Crippen LogP contribution in [0.3, 0.4) is 0 Å². The first-order valence-electron chi connectivity index (χ1n) is 4.88. The lowest BCUT2D eigenvalue weighted by Gasteiger charge is -2.19. The maximum absolute atomic E-state index is 9.66. The number of phenolic OH excluding ortho intramolecular Hbond substituents is 1. The van der Waals surface area contributed by atoms with Crippen LogP contribution in [0.2, 0.25) is 0 Å². The van der Waals surface area contributed by atoms with E-state index < -0.39 is 12.1 Å². The molecule has 0 unspecified atom stereocenters. The molecule has 15 heavy (non-hydrogen) atoms. The van der Waals surface area contributed by atoms with E-state index in [1.165, 1.54) is 0 Å². The van der Waals surface area contributed by atoms with Gasteiger partial charge in [0, 0.05) is 5.56 Å². The highest BCUT2D eigenvalue weighted by Gasteiger charge is 2.18. The number of benzene rings is 1. The number of nitrogens with two attached hydrogens (primary N) is 1. The lowest BCUT2D eigenvalue weighted by Crippen LogP contribution is -2.25. The molecule has 86 valence electrons. The Morgan fingerprint density at radius 2 is 1.93 bits per heavy atom. The number of aliphatic hydroxyl groups excluding tert-OH is 1. The number of aromatic hydroxyl groups is 1. The van der Waals surface area contributed by atoms with Crippen molar-refractivity contribution in [2.24, 2.45) is 5.73 Å². The third-order valence-electron chi connectivity index (χ3n) is 2.29. The Bertz CT molecular complexity index is 294. The molecule has 0 fully saturated rings. The van der Waals surface area contributed by atoms with Crippen LogP contribution in [0, 0.1) is 0 Å². The van der Waals surface area contributed by atoms with E-state index in [9.17, 15) is 10.2 Å². The normalized spacial score (nSPS) is 14.1. The molecule has 0 aliphatic carbocycles. The minimum atomic E-state index is -0.590. The monoisotopic (exact) mass is 231 g/mol. The third-order valence-corrected chi connectivity index (χ3v) is 2.29. The van der Waals surface area contributed by atoms with Crippen LogP contribution in [0.4, 0.5) is 0 Å². The van der Waals surface area contributed by atoms with E-state index >= 15 is 0 Å². The Hall–Kier alpha value is -0.770. The summed E-state index contributed by atoms with van der Waals surface area (Å²) >= 11 is 0. The van der Waals surface area contributed by atoms with Gasteiger partial charge in [-0.3, -0.25) is 0 Å². The second-order valence-corrected chi connectivity index (χ2v) is 3.44. The van der Waals surface area contributed by atoms with E-state index in [-0.39, 0.29) is 18.2 Å². The highest BCUT2D eigenvalue weighted by Crippen LogP contribution is 2.25. The van der Waals surface area contributed by atoms with Gasteiger partial charge in [-0.05, 0) is 12.5 Å². The van der Waals surface area contributed by atoms with Crippen LogP contribution < -0.4 is 5.73 Å². The lowest BCUT2D eigenvalue weighted by molar-refractivity contribution is 0.133. The van der Waals surface area contributed by atoms with Gasteiger partial charge in [0.2, 0.25) is 0 Å². The van der Waals surface area contributed by atoms with Gasteiger partial charge < -0.3 is 15.9 Å². The van der Waals surface area contributed by atoms with Crippen LogP contribution in [0.25, 0.3) is 0 Å². The summed E-state index contributed by atoms with van der Waals surface area (Å²) in [5, 5.41) is 19.2. The van der Waals surface area contributed by atoms with Gasteiger partial charge in [0.15, 0.2) is 0 Å². The molecular formula is C11H18ClNO2. The van der Waals surface area contributed by atoms with E-state index in [1.807, 2.05) is 6.92 Å². The summed E-state index contributed by atoms with van der Waals surface area (Å²) in [6.07, 6.45) is 0.936. The van der Waals surface area contributed by atoms with E-state index in [4.69, 9.17) is 5.73 Å². The molecule has 0 spiro atoms. The van der Waals surface area contributed by atoms with Crippen LogP contribution in [0.15, 0.2) is 24.3 Å². The number of phenols is 1. The maximum atomic E-state index is 9.66. The SMILES string of the molecule is CCC[C@@H](O)[C@@H](N)c1ccccc1O.Cl. The number of hydrogen-bond acceptors (Lipinski definition) is 3. The van der Waals surface area contributed by atoms with Crippen molar-refractivity contribution in [2.45, 2.75) is 31.9 Å². The number of halogens is 1. The zero-order valence-electron chi connectivity index (χ0n) is 8.76. The van der Waals surface area contributed by atoms with Crippen molar-refractivity contribution < 1.29 is 10.2 Å². The van der Waals surface area contributed by atoms with Crippen molar-refractivity contribution >= 4 is 12.4 Å². The molecular weight excluding hydrogens is 214 g/mol. The van der Waals surface area contributed by atoms with Gasteiger partial charge in [0.25, 0.3) is 0 Å². The number of hydrogen-bond donors (Lipinski definition) is 3. The van der Waals surface area contributed by atoms with E-state index in [1.54, 1.807) is 24.3 Å². The first-order chi connectivity index (χ1) is 6.66. The standard InChI is InChI=1S/C11H17NO2.ClH/c1-2-5-10(14)11(12)8-6-3-4-7-9(8)13;/h3-4,6-7,10-11,13-14H,2,5,12H2,1H3;1H/t10-,11+;/m1./s1. The smallest absolute Gasteiger partial charge is 0.120 e. The first-order valence-corrected chi connectivity index (χ1v) is 4.88. The topological polar surface area (TPSA) is 66.5 Å². The largest absolute Gasteiger partial charge is 0.508 e. The predicted octanol–water partition coefficient (Wildman–Crippen LogP) is 1.97. The zero-order chi connectivity index (χ0) is 10.6. The van der Waals surface area contributed by atoms with Crippen molar-refractivity contribution in [3.8, 4) is 5.75 Å². The van der Waals surface area contributed by atoms with Crippen LogP contribution in [-0.2, 0) is 0 Å². The molecule has 0 saturated carbocycles. The van der Waals surface area contributed by atoms with Crippen molar-refractivity contribution in [1.82, 2.24) is 0 Å². The van der Waals surface area contributed by atoms with Gasteiger partial charge in [-0.25, -0.2) is 0 Å². The fraction of sp³-hybridized carbons (Fsp3) is 0.455. The van der Waals surface area contributed by atoms with Crippen LogP contribution in [-0.4, -0.2) is 16.3 Å². The van der Waals surface area contributed by atoms with E-state index in [0.29, 0.717) is 12.0 Å². The summed E-state index contributed by atoms with van der Waals surface area (Å²) in [5.74, 6) is 0.148. The minimum Gasteiger partial charge on any atom is -0.508 e. The maximum Gasteiger partial charge on any atom is 0.120 e. The van der Waals surface area contributed by atoms with Gasteiger partial charge in [-0.2, -0.15) is 0 Å². The molecule has 0 aliphatic heterocycles. The fourth-order valence-electron chi connectivity index (χ4n) is 1.45. The molecule has 1 aromatic carbocycles. The van der Waals surface area contributed by atoms with Crippen molar-refractivity contribution in [2.75, 3.05) is 0 Å². The molecule has 3 nitrogen and oxygen atoms in total. The lowest BCUT2D eigenvalue weighted by atomic mass is 9.98. The van der Waals surface area contributed by atoms with Gasteiger partial charge in [-0.15, -0.1) is 12.4 Å². The molecule has 1 aromatic rings. The molecule has 1 rings (SSSR count). The van der Waals surface area contributed by atoms with Crippen molar-refractivity contribution in [3.63, 3.8) is 0 Å². The zero-order valence-corrected chi connectivity index (χ0v) is 9.57. The molecule has 0 aliphatic rings. The highest BCUT2D eigenvalue weighted by atomic mass is 35.5. The summed E-state index contributed by atoms with van der Waals surface area (Å²) in [4.78, 5) is 0. The second-order valence-electron chi connectivity index (χ2n) is 3.44. The van der Waals surface area contributed by atoms with Crippen LogP contribution >= 0.6 is 12.4 Å². The average Bonchev–Trinajstić information content (AvgIpc) is 2.18. The highest BCUT2D eigenvalue weighted by molar-refractivity contribution is 5.85. The predicted molar refractivity (Wildman–Crippen MR) is 63.2 cm³/mol. The summed E-state index contributed by atoms with van der Waals surface area (Å²) in [6, 6.07) is 6.34. The Morgan fingerprint density at radius 3 is 2.47 bits per heavy atom. The van der Waals surface area contributed by atoms with Gasteiger partial charge in [0.1, 0.15) is 5.75 Å². The molecule has 4 heteroatoms. The Labute approximate surface area is 96.3 Å². The average molecular weight is 232 g/mol. The van der Waals surface area contributed by atoms with E-state index in [0.717, 1.165) is 6.42 Å². The molecule has 4 N–H and O–H groups in total. The van der Waals surface area contributed by atoms with Crippen molar-refractivity contribution in [3.05, 3.63) is 29.8 Å². The molecule has 0 saturated heterocycles. The summed E-state index contributed by atoms with van der Waals surface area (Å²) < 4.78 is 0. The fourth-order valence-corrected chi connectivity index (χ4v) is 1.45. The molecule has 0 radical (unpaired) electrons. The Kier molecular flexibility index (Phi) is 6.32. The van der Waals surface area contributed by atoms with Gasteiger partial charge >= 0.3 is 0 Å². The summed E-state index contributed by atoms with van der Waals surface area (Å²) in [6.45, 7) is 1.99. The summed E-state index contributed by atoms with van der Waals surface area (Å²) in [5.41, 5.74) is 6.42. The van der Waals surface area contributed by atoms with Crippen LogP contribution in [0.1, 0.15) is 31.4 Å². The molecule has 0 heterocycles. The van der Waals surface area contributed by atoms with E-state index in [2.05, 4.69) is 0 Å². The first kappa shape index (κ1) is 14.2. The van der Waals surface area contributed by atoms with Gasteiger partial charge in [0.05, 0.1) is 12.1 Å². The Balaban J connectivity index is 0.00000196.